The van der Waals surface area contributed by atoms with Crippen LogP contribution in [0.1, 0.15) is 62.9 Å². The Labute approximate surface area is 243 Å². The number of nitrogens with zero attached hydrogens (tertiary/aromatic N) is 5. The Balaban J connectivity index is 1.45. The summed E-state index contributed by atoms with van der Waals surface area (Å²) in [5, 5.41) is 13.5. The van der Waals surface area contributed by atoms with Crippen molar-refractivity contribution in [1.82, 2.24) is 19.5 Å². The number of sulfonamides is 1. The summed E-state index contributed by atoms with van der Waals surface area (Å²) in [6.07, 6.45) is 3.17. The number of rotatable bonds is 9. The molecule has 1 amide bonds. The number of benzene rings is 1. The van der Waals surface area contributed by atoms with E-state index in [1.165, 1.54) is 41.1 Å². The minimum absolute atomic E-state index is 0.0467. The fraction of sp³-hybridized carbons (Fsp3) is 0.448. The SMILES string of the molecule is C[C@@H]1CN(c2nc(-n3ccc(OCC4(C(C)(F)F)CC4)n3)ccc2C(=O)NS(=O)(=O)c2cccc(C#N)c2)C(C)(C)C1. The Morgan fingerprint density at radius 3 is 2.60 bits per heavy atom. The maximum absolute atomic E-state index is 14.0. The highest BCUT2D eigenvalue weighted by Gasteiger charge is 2.59. The molecule has 2 fully saturated rings. The number of pyridine rings is 1. The third-order valence-electron chi connectivity index (χ3n) is 8.01. The van der Waals surface area contributed by atoms with Gasteiger partial charge < -0.3 is 9.64 Å². The van der Waals surface area contributed by atoms with Gasteiger partial charge in [-0.1, -0.05) is 13.0 Å². The van der Waals surface area contributed by atoms with Crippen molar-refractivity contribution >= 4 is 21.7 Å². The van der Waals surface area contributed by atoms with Gasteiger partial charge >= 0.3 is 0 Å². The molecule has 2 aliphatic rings. The first-order chi connectivity index (χ1) is 19.6. The molecule has 3 heterocycles. The van der Waals surface area contributed by atoms with E-state index >= 15 is 0 Å². The molecule has 1 N–H and O–H groups in total. The van der Waals surface area contributed by atoms with Crippen molar-refractivity contribution < 1.29 is 26.7 Å². The molecule has 42 heavy (non-hydrogen) atoms. The lowest BCUT2D eigenvalue weighted by Crippen LogP contribution is -2.41. The number of amides is 1. The summed E-state index contributed by atoms with van der Waals surface area (Å²) in [7, 11) is -4.29. The summed E-state index contributed by atoms with van der Waals surface area (Å²) >= 11 is 0. The molecule has 1 saturated heterocycles. The zero-order chi connectivity index (χ0) is 30.5. The van der Waals surface area contributed by atoms with Crippen molar-refractivity contribution in [3.05, 3.63) is 59.8 Å². The normalized spacial score (nSPS) is 19.3. The fourth-order valence-corrected chi connectivity index (χ4v) is 6.47. The standard InChI is InChI=1S/C29H32F2N6O4S/c1-19-15-27(2,3)36(17-19)25-22(26(38)35-42(39,40)21-7-5-6-20(14-21)16-32)8-9-23(33-25)37-13-10-24(34-37)41-18-29(11-12-29)28(4,30)31/h5-10,13-14,19H,11-12,15,17-18H2,1-4H3,(H,35,38)/t19-/m0/s1. The molecule has 1 atom stereocenters. The predicted molar refractivity (Wildman–Crippen MR) is 150 cm³/mol. The highest BCUT2D eigenvalue weighted by Crippen LogP contribution is 2.56. The molecule has 222 valence electrons. The molecule has 0 radical (unpaired) electrons. The van der Waals surface area contributed by atoms with E-state index in [0.29, 0.717) is 25.2 Å². The quantitative estimate of drug-likeness (QED) is 0.375. The Morgan fingerprint density at radius 1 is 1.24 bits per heavy atom. The van der Waals surface area contributed by atoms with Gasteiger partial charge in [0, 0.05) is 31.3 Å². The monoisotopic (exact) mass is 598 g/mol. The Hall–Kier alpha value is -4.05. The third kappa shape index (κ3) is 5.68. The number of nitriles is 1. The van der Waals surface area contributed by atoms with E-state index in [-0.39, 0.29) is 45.8 Å². The molecular weight excluding hydrogens is 566 g/mol. The second kappa shape index (κ2) is 10.3. The van der Waals surface area contributed by atoms with Crippen molar-refractivity contribution in [2.45, 2.75) is 63.3 Å². The number of aromatic nitrogens is 3. The summed E-state index contributed by atoms with van der Waals surface area (Å²) in [5.41, 5.74) is -1.37. The fourth-order valence-electron chi connectivity index (χ4n) is 5.46. The van der Waals surface area contributed by atoms with Gasteiger partial charge in [-0.15, -0.1) is 5.10 Å². The van der Waals surface area contributed by atoms with Crippen LogP contribution in [-0.2, 0) is 10.0 Å². The highest BCUT2D eigenvalue weighted by atomic mass is 32.2. The number of carbonyl (C=O) groups excluding carboxylic acids is 1. The average molecular weight is 599 g/mol. The number of hydrogen-bond donors (Lipinski definition) is 1. The van der Waals surface area contributed by atoms with Gasteiger partial charge in [-0.3, -0.25) is 4.79 Å². The highest BCUT2D eigenvalue weighted by molar-refractivity contribution is 7.90. The molecule has 1 aliphatic carbocycles. The van der Waals surface area contributed by atoms with Crippen LogP contribution in [-0.4, -0.2) is 53.7 Å². The minimum Gasteiger partial charge on any atom is -0.476 e. The Morgan fingerprint density at radius 2 is 1.98 bits per heavy atom. The van der Waals surface area contributed by atoms with E-state index in [0.717, 1.165) is 13.3 Å². The number of hydrogen-bond acceptors (Lipinski definition) is 8. The van der Waals surface area contributed by atoms with E-state index in [1.807, 2.05) is 24.8 Å². The van der Waals surface area contributed by atoms with Gasteiger partial charge in [0.25, 0.3) is 21.9 Å². The van der Waals surface area contributed by atoms with Crippen LogP contribution in [0.4, 0.5) is 14.6 Å². The number of ether oxygens (including phenoxy) is 1. The molecule has 2 aromatic heterocycles. The molecule has 10 nitrogen and oxygen atoms in total. The first kappa shape index (κ1) is 29.4. The molecule has 5 rings (SSSR count). The number of anilines is 1. The van der Waals surface area contributed by atoms with Gasteiger partial charge in [0.05, 0.1) is 27.5 Å². The Kier molecular flexibility index (Phi) is 7.25. The Bertz CT molecular complexity index is 1670. The van der Waals surface area contributed by atoms with Crippen LogP contribution in [0.15, 0.2) is 53.6 Å². The predicted octanol–water partition coefficient (Wildman–Crippen LogP) is 4.70. The maximum Gasteiger partial charge on any atom is 0.268 e. The zero-order valence-corrected chi connectivity index (χ0v) is 24.6. The number of alkyl halides is 2. The summed E-state index contributed by atoms with van der Waals surface area (Å²) < 4.78 is 63.1. The van der Waals surface area contributed by atoms with Crippen LogP contribution in [0.2, 0.25) is 0 Å². The lowest BCUT2D eigenvalue weighted by molar-refractivity contribution is -0.0712. The van der Waals surface area contributed by atoms with Gasteiger partial charge in [-0.2, -0.15) is 5.26 Å². The molecule has 1 saturated carbocycles. The van der Waals surface area contributed by atoms with Crippen LogP contribution in [0.3, 0.4) is 0 Å². The van der Waals surface area contributed by atoms with Crippen molar-refractivity contribution in [3.8, 4) is 17.8 Å². The summed E-state index contributed by atoms with van der Waals surface area (Å²) in [6.45, 7) is 7.46. The molecule has 1 aliphatic heterocycles. The van der Waals surface area contributed by atoms with E-state index in [9.17, 15) is 22.0 Å². The molecule has 0 bridgehead atoms. The first-order valence-corrected chi connectivity index (χ1v) is 15.1. The van der Waals surface area contributed by atoms with E-state index < -0.39 is 27.3 Å². The van der Waals surface area contributed by atoms with E-state index in [2.05, 4.69) is 16.7 Å². The van der Waals surface area contributed by atoms with Gasteiger partial charge in [0.1, 0.15) is 12.4 Å². The second-order valence-electron chi connectivity index (χ2n) is 11.9. The van der Waals surface area contributed by atoms with Crippen LogP contribution < -0.4 is 14.4 Å². The molecule has 3 aromatic rings. The number of nitrogens with one attached hydrogen (secondary N) is 1. The van der Waals surface area contributed by atoms with Gasteiger partial charge in [-0.25, -0.2) is 31.6 Å². The van der Waals surface area contributed by atoms with Crippen molar-refractivity contribution in [1.29, 1.82) is 5.26 Å². The number of halogens is 2. The van der Waals surface area contributed by atoms with Crippen LogP contribution >= 0.6 is 0 Å². The number of carbonyl (C=O) groups is 1. The molecule has 1 aromatic carbocycles. The van der Waals surface area contributed by atoms with Crippen molar-refractivity contribution in [3.63, 3.8) is 0 Å². The zero-order valence-electron chi connectivity index (χ0n) is 23.8. The van der Waals surface area contributed by atoms with Crippen molar-refractivity contribution in [2.75, 3.05) is 18.1 Å². The lowest BCUT2D eigenvalue weighted by atomic mass is 9.97. The molecular formula is C29H32F2N6O4S. The summed E-state index contributed by atoms with van der Waals surface area (Å²) in [4.78, 5) is 19.9. The smallest absolute Gasteiger partial charge is 0.268 e. The van der Waals surface area contributed by atoms with Crippen molar-refractivity contribution in [2.24, 2.45) is 11.3 Å². The van der Waals surface area contributed by atoms with Gasteiger partial charge in [0.15, 0.2) is 5.82 Å². The average Bonchev–Trinajstić information content (AvgIpc) is 3.50. The van der Waals surface area contributed by atoms with Gasteiger partial charge in [0.2, 0.25) is 5.88 Å². The van der Waals surface area contributed by atoms with E-state index in [1.54, 1.807) is 12.3 Å². The topological polar surface area (TPSA) is 130 Å². The van der Waals surface area contributed by atoms with E-state index in [4.69, 9.17) is 15.0 Å². The third-order valence-corrected chi connectivity index (χ3v) is 9.34. The van der Waals surface area contributed by atoms with Crippen LogP contribution in [0.5, 0.6) is 5.88 Å². The lowest BCUT2D eigenvalue weighted by Gasteiger charge is -2.34. The second-order valence-corrected chi connectivity index (χ2v) is 13.6. The molecule has 0 spiro atoms. The van der Waals surface area contributed by atoms with Gasteiger partial charge in [-0.05, 0) is 69.4 Å². The summed E-state index contributed by atoms with van der Waals surface area (Å²) in [6, 6.07) is 11.8. The maximum atomic E-state index is 14.0. The van der Waals surface area contributed by atoms with Crippen LogP contribution in [0.25, 0.3) is 5.82 Å². The summed E-state index contributed by atoms with van der Waals surface area (Å²) in [5.74, 6) is -2.67. The minimum atomic E-state index is -4.29. The molecule has 13 heteroatoms. The first-order valence-electron chi connectivity index (χ1n) is 13.6. The molecule has 0 unspecified atom stereocenters. The largest absolute Gasteiger partial charge is 0.476 e. The van der Waals surface area contributed by atoms with Crippen LogP contribution in [0, 0.1) is 22.7 Å².